The van der Waals surface area contributed by atoms with Crippen LogP contribution in [0.2, 0.25) is 0 Å². The van der Waals surface area contributed by atoms with Gasteiger partial charge in [-0.3, -0.25) is 4.79 Å². The fourth-order valence-corrected chi connectivity index (χ4v) is 3.19. The van der Waals surface area contributed by atoms with Crippen LogP contribution in [0.25, 0.3) is 0 Å². The Morgan fingerprint density at radius 2 is 1.55 bits per heavy atom. The summed E-state index contributed by atoms with van der Waals surface area (Å²) < 4.78 is 5.69. The van der Waals surface area contributed by atoms with Crippen molar-refractivity contribution >= 4 is 29.2 Å². The van der Waals surface area contributed by atoms with Gasteiger partial charge in [-0.25, -0.2) is 4.79 Å². The molecule has 0 bridgehead atoms. The van der Waals surface area contributed by atoms with E-state index in [2.05, 4.69) is 9.99 Å². The minimum Gasteiger partial charge on any atom is -0.494 e. The Kier molecular flexibility index (Phi) is 9.40. The lowest BCUT2D eigenvalue weighted by molar-refractivity contribution is -0.140. The number of unbranched alkanes of at least 4 members (excludes halogenated alkanes) is 2. The molecule has 0 spiro atoms. The molecule has 0 radical (unpaired) electrons. The van der Waals surface area contributed by atoms with Crippen LogP contribution in [0.15, 0.2) is 63.5 Å². The summed E-state index contributed by atoms with van der Waals surface area (Å²) in [5, 5.41) is 12.3. The van der Waals surface area contributed by atoms with Gasteiger partial charge in [0.1, 0.15) is 11.5 Å². The topological polar surface area (TPSA) is 85.2 Å². The third-order valence-corrected chi connectivity index (χ3v) is 4.90. The molecule has 0 heterocycles. The van der Waals surface area contributed by atoms with Crippen molar-refractivity contribution in [3.05, 3.63) is 54.1 Å². The first-order valence-corrected chi connectivity index (χ1v) is 10.2. The smallest absolute Gasteiger partial charge is 0.331 e. The Hall–Kier alpha value is -2.64. The maximum atomic E-state index is 12.3. The Morgan fingerprint density at radius 3 is 2.14 bits per heavy atom. The number of ketones is 1. The third kappa shape index (κ3) is 8.09. The molecule has 6 nitrogen and oxygen atoms in total. The number of Topliss-reactive ketones (excluding diaryl/α,β-unsaturated/α-hetero) is 1. The fraction of sp³-hybridized carbons (Fsp3) is 0.318. The van der Waals surface area contributed by atoms with Crippen molar-refractivity contribution in [3.8, 4) is 5.75 Å². The zero-order valence-electron chi connectivity index (χ0n) is 16.6. The number of hydrogen-bond acceptors (Lipinski definition) is 7. The Labute approximate surface area is 174 Å². The SMILES string of the molecule is CC(=O)O/N=C(/C)C(=O)c1ccc(Sc2ccc(OCCCCCO)cc2)cc1. The molecular weight excluding hydrogens is 390 g/mol. The van der Waals surface area contributed by atoms with E-state index in [1.165, 1.54) is 13.8 Å². The first-order valence-electron chi connectivity index (χ1n) is 9.38. The van der Waals surface area contributed by atoms with E-state index in [-0.39, 0.29) is 18.1 Å². The largest absolute Gasteiger partial charge is 0.494 e. The van der Waals surface area contributed by atoms with Gasteiger partial charge in [0.2, 0.25) is 5.78 Å². The van der Waals surface area contributed by atoms with Gasteiger partial charge in [0.05, 0.1) is 6.61 Å². The summed E-state index contributed by atoms with van der Waals surface area (Å²) in [5.41, 5.74) is 0.597. The van der Waals surface area contributed by atoms with E-state index in [0.717, 1.165) is 34.8 Å². The van der Waals surface area contributed by atoms with Crippen LogP contribution < -0.4 is 4.74 Å². The number of nitrogens with zero attached hydrogens (tertiary/aromatic N) is 1. The normalized spacial score (nSPS) is 11.2. The molecule has 7 heteroatoms. The molecule has 0 aromatic heterocycles. The summed E-state index contributed by atoms with van der Waals surface area (Å²) in [5.74, 6) is -0.0351. The van der Waals surface area contributed by atoms with Crippen LogP contribution in [-0.2, 0) is 9.63 Å². The van der Waals surface area contributed by atoms with Crippen molar-refractivity contribution in [3.63, 3.8) is 0 Å². The van der Waals surface area contributed by atoms with E-state index >= 15 is 0 Å². The standard InChI is InChI=1S/C22H25NO5S/c1-16(23-28-17(2)25)22(26)18-6-10-20(11-7-18)29-21-12-8-19(9-13-21)27-15-5-3-4-14-24/h6-13,24H,3-5,14-15H2,1-2H3/b23-16-. The molecule has 154 valence electrons. The van der Waals surface area contributed by atoms with Crippen LogP contribution in [0, 0.1) is 0 Å². The van der Waals surface area contributed by atoms with Gasteiger partial charge < -0.3 is 14.7 Å². The highest BCUT2D eigenvalue weighted by Gasteiger charge is 2.11. The number of aliphatic hydroxyl groups excluding tert-OH is 1. The first-order chi connectivity index (χ1) is 14.0. The van der Waals surface area contributed by atoms with E-state index in [9.17, 15) is 9.59 Å². The van der Waals surface area contributed by atoms with Gasteiger partial charge in [0.25, 0.3) is 0 Å². The summed E-state index contributed by atoms with van der Waals surface area (Å²) in [7, 11) is 0. The van der Waals surface area contributed by atoms with Gasteiger partial charge in [-0.05, 0) is 74.7 Å². The zero-order chi connectivity index (χ0) is 21.1. The number of oxime groups is 1. The Balaban J connectivity index is 1.88. The molecule has 0 amide bonds. The van der Waals surface area contributed by atoms with Gasteiger partial charge in [-0.15, -0.1) is 0 Å². The minimum absolute atomic E-state index is 0.118. The van der Waals surface area contributed by atoms with E-state index < -0.39 is 5.97 Å². The average Bonchev–Trinajstić information content (AvgIpc) is 2.73. The molecule has 0 aliphatic rings. The summed E-state index contributed by atoms with van der Waals surface area (Å²) in [6.07, 6.45) is 2.69. The molecule has 0 aliphatic heterocycles. The molecule has 29 heavy (non-hydrogen) atoms. The van der Waals surface area contributed by atoms with Gasteiger partial charge in [0, 0.05) is 28.9 Å². The number of ether oxygens (including phenoxy) is 1. The van der Waals surface area contributed by atoms with E-state index in [1.807, 2.05) is 36.4 Å². The highest BCUT2D eigenvalue weighted by atomic mass is 32.2. The summed E-state index contributed by atoms with van der Waals surface area (Å²) in [4.78, 5) is 29.6. The zero-order valence-corrected chi connectivity index (χ0v) is 17.4. The van der Waals surface area contributed by atoms with E-state index in [0.29, 0.717) is 12.2 Å². The van der Waals surface area contributed by atoms with E-state index in [1.54, 1.807) is 23.9 Å². The van der Waals surface area contributed by atoms with Crippen molar-refractivity contribution < 1.29 is 24.3 Å². The monoisotopic (exact) mass is 415 g/mol. The Bertz CT molecular complexity index is 831. The number of carbonyl (C=O) groups is 2. The highest BCUT2D eigenvalue weighted by molar-refractivity contribution is 7.99. The number of rotatable bonds is 11. The molecular formula is C22H25NO5S. The van der Waals surface area contributed by atoms with Crippen molar-refractivity contribution in [2.75, 3.05) is 13.2 Å². The number of hydrogen-bond donors (Lipinski definition) is 1. The van der Waals surface area contributed by atoms with Crippen LogP contribution >= 0.6 is 11.8 Å². The summed E-state index contributed by atoms with van der Waals surface area (Å²) >= 11 is 1.58. The van der Waals surface area contributed by atoms with Gasteiger partial charge in [0.15, 0.2) is 0 Å². The quantitative estimate of drug-likeness (QED) is 0.191. The second-order valence-electron chi connectivity index (χ2n) is 6.32. The van der Waals surface area contributed by atoms with Crippen LogP contribution in [0.3, 0.4) is 0 Å². The van der Waals surface area contributed by atoms with Crippen molar-refractivity contribution in [1.82, 2.24) is 0 Å². The molecule has 0 aliphatic carbocycles. The van der Waals surface area contributed by atoms with Crippen molar-refractivity contribution in [2.45, 2.75) is 42.9 Å². The molecule has 0 fully saturated rings. The minimum atomic E-state index is -0.568. The van der Waals surface area contributed by atoms with Crippen LogP contribution in [0.4, 0.5) is 0 Å². The summed E-state index contributed by atoms with van der Waals surface area (Å²) in [6.45, 7) is 3.60. The molecule has 2 rings (SSSR count). The lowest BCUT2D eigenvalue weighted by Gasteiger charge is -2.07. The van der Waals surface area contributed by atoms with Crippen LogP contribution in [-0.4, -0.2) is 35.8 Å². The predicted molar refractivity (Wildman–Crippen MR) is 113 cm³/mol. The number of benzene rings is 2. The molecule has 0 saturated carbocycles. The van der Waals surface area contributed by atoms with Gasteiger partial charge in [-0.2, -0.15) is 0 Å². The maximum absolute atomic E-state index is 12.3. The molecule has 0 atom stereocenters. The average molecular weight is 416 g/mol. The molecule has 1 N–H and O–H groups in total. The second-order valence-corrected chi connectivity index (χ2v) is 7.47. The molecule has 0 unspecified atom stereocenters. The first kappa shape index (κ1) is 22.6. The van der Waals surface area contributed by atoms with Crippen molar-refractivity contribution in [1.29, 1.82) is 0 Å². The molecule has 0 saturated heterocycles. The van der Waals surface area contributed by atoms with Gasteiger partial charge >= 0.3 is 5.97 Å². The lowest BCUT2D eigenvalue weighted by Crippen LogP contribution is -2.11. The predicted octanol–water partition coefficient (Wildman–Crippen LogP) is 4.50. The Morgan fingerprint density at radius 1 is 0.931 bits per heavy atom. The fourth-order valence-electron chi connectivity index (χ4n) is 2.38. The maximum Gasteiger partial charge on any atom is 0.331 e. The number of carbonyl (C=O) groups excluding carboxylic acids is 2. The van der Waals surface area contributed by atoms with Crippen molar-refractivity contribution in [2.24, 2.45) is 5.16 Å². The number of aliphatic hydroxyl groups is 1. The lowest BCUT2D eigenvalue weighted by atomic mass is 10.1. The second kappa shape index (κ2) is 12.0. The van der Waals surface area contributed by atoms with Crippen LogP contribution in [0.1, 0.15) is 43.5 Å². The summed E-state index contributed by atoms with van der Waals surface area (Å²) in [6, 6.07) is 15.0. The highest BCUT2D eigenvalue weighted by Crippen LogP contribution is 2.29. The molecule has 2 aromatic carbocycles. The molecule has 2 aromatic rings. The van der Waals surface area contributed by atoms with Gasteiger partial charge in [-0.1, -0.05) is 16.9 Å². The van der Waals surface area contributed by atoms with Crippen LogP contribution in [0.5, 0.6) is 5.75 Å². The third-order valence-electron chi connectivity index (χ3n) is 3.89. The van der Waals surface area contributed by atoms with E-state index in [4.69, 9.17) is 9.84 Å².